The summed E-state index contributed by atoms with van der Waals surface area (Å²) in [6.45, 7) is 3.37. The van der Waals surface area contributed by atoms with Gasteiger partial charge in [0.15, 0.2) is 6.61 Å². The second-order valence-corrected chi connectivity index (χ2v) is 5.56. The summed E-state index contributed by atoms with van der Waals surface area (Å²) in [4.78, 5) is 11.2. The molecule has 1 fully saturated rings. The van der Waals surface area contributed by atoms with Crippen LogP contribution < -0.4 is 20.7 Å². The highest BCUT2D eigenvalue weighted by Gasteiger charge is 2.16. The molecule has 0 aromatic heterocycles. The van der Waals surface area contributed by atoms with E-state index in [9.17, 15) is 4.79 Å². The normalized spacial score (nSPS) is 19.0. The van der Waals surface area contributed by atoms with Crippen LogP contribution in [0.25, 0.3) is 0 Å². The highest BCUT2D eigenvalue weighted by Crippen LogP contribution is 2.20. The monoisotopic (exact) mass is 291 g/mol. The molecular weight excluding hydrogens is 266 g/mol. The molecule has 1 aliphatic heterocycles. The zero-order valence-corrected chi connectivity index (χ0v) is 12.8. The standard InChI is InChI=1S/C16H25N3O2/c1-12(9-13-6-4-8-18-13)19-14-5-3-7-15(10-14)21-11-16(20)17-2/h3,5,7,10,12-13,18-19H,4,6,8-9,11H2,1-2H3,(H,17,20). The van der Waals surface area contributed by atoms with Gasteiger partial charge in [0.1, 0.15) is 5.75 Å². The van der Waals surface area contributed by atoms with E-state index in [0.29, 0.717) is 17.8 Å². The molecule has 3 N–H and O–H groups in total. The SMILES string of the molecule is CNC(=O)COc1cccc(NC(C)CC2CCCN2)c1. The number of benzene rings is 1. The molecular formula is C16H25N3O2. The number of anilines is 1. The van der Waals surface area contributed by atoms with Crippen LogP contribution in [-0.4, -0.2) is 38.2 Å². The third-order valence-corrected chi connectivity index (χ3v) is 3.70. The van der Waals surface area contributed by atoms with Gasteiger partial charge in [-0.1, -0.05) is 6.07 Å². The Morgan fingerprint density at radius 2 is 2.38 bits per heavy atom. The summed E-state index contributed by atoms with van der Waals surface area (Å²) in [5.41, 5.74) is 1.02. The molecule has 0 spiro atoms. The molecule has 5 heteroatoms. The molecule has 21 heavy (non-hydrogen) atoms. The van der Waals surface area contributed by atoms with E-state index in [1.54, 1.807) is 7.05 Å². The van der Waals surface area contributed by atoms with Gasteiger partial charge in [0.2, 0.25) is 0 Å². The Bertz CT molecular complexity index is 459. The van der Waals surface area contributed by atoms with E-state index in [4.69, 9.17) is 4.74 Å². The molecule has 5 nitrogen and oxygen atoms in total. The van der Waals surface area contributed by atoms with Crippen molar-refractivity contribution in [2.75, 3.05) is 25.5 Å². The van der Waals surface area contributed by atoms with E-state index in [1.807, 2.05) is 24.3 Å². The zero-order valence-electron chi connectivity index (χ0n) is 12.8. The first-order valence-electron chi connectivity index (χ1n) is 7.60. The van der Waals surface area contributed by atoms with Crippen molar-refractivity contribution < 1.29 is 9.53 Å². The van der Waals surface area contributed by atoms with Crippen molar-refractivity contribution >= 4 is 11.6 Å². The van der Waals surface area contributed by atoms with Crippen LogP contribution in [0.15, 0.2) is 24.3 Å². The van der Waals surface area contributed by atoms with Gasteiger partial charge < -0.3 is 20.7 Å². The molecule has 116 valence electrons. The van der Waals surface area contributed by atoms with Crippen LogP contribution in [0.1, 0.15) is 26.2 Å². The van der Waals surface area contributed by atoms with Crippen molar-refractivity contribution in [1.29, 1.82) is 0 Å². The molecule has 0 bridgehead atoms. The number of carbonyl (C=O) groups excluding carboxylic acids is 1. The molecule has 0 radical (unpaired) electrons. The molecule has 1 aromatic rings. The minimum absolute atomic E-state index is 0.0432. The first-order chi connectivity index (χ1) is 10.2. The van der Waals surface area contributed by atoms with Crippen LogP contribution in [0.4, 0.5) is 5.69 Å². The molecule has 0 saturated carbocycles. The molecule has 1 heterocycles. The van der Waals surface area contributed by atoms with E-state index < -0.39 is 0 Å². The van der Waals surface area contributed by atoms with Gasteiger partial charge in [-0.25, -0.2) is 0 Å². The fraction of sp³-hybridized carbons (Fsp3) is 0.562. The quantitative estimate of drug-likeness (QED) is 0.716. The number of amides is 1. The van der Waals surface area contributed by atoms with E-state index in [1.165, 1.54) is 12.8 Å². The lowest BCUT2D eigenvalue weighted by Crippen LogP contribution is -2.29. The third kappa shape index (κ3) is 5.27. The van der Waals surface area contributed by atoms with Crippen molar-refractivity contribution in [3.63, 3.8) is 0 Å². The van der Waals surface area contributed by atoms with Crippen molar-refractivity contribution in [2.24, 2.45) is 0 Å². The maximum atomic E-state index is 11.2. The van der Waals surface area contributed by atoms with E-state index in [0.717, 1.165) is 18.7 Å². The second-order valence-electron chi connectivity index (χ2n) is 5.56. The summed E-state index contributed by atoms with van der Waals surface area (Å²) >= 11 is 0. The fourth-order valence-corrected chi connectivity index (χ4v) is 2.62. The first kappa shape index (κ1) is 15.6. The van der Waals surface area contributed by atoms with E-state index in [2.05, 4.69) is 22.9 Å². The van der Waals surface area contributed by atoms with Gasteiger partial charge in [-0.05, 0) is 44.9 Å². The van der Waals surface area contributed by atoms with Crippen LogP contribution in [0, 0.1) is 0 Å². The Balaban J connectivity index is 1.83. The van der Waals surface area contributed by atoms with Gasteiger partial charge in [0.05, 0.1) is 0 Å². The molecule has 2 atom stereocenters. The second kappa shape index (κ2) is 7.88. The van der Waals surface area contributed by atoms with Gasteiger partial charge in [0.25, 0.3) is 5.91 Å². The highest BCUT2D eigenvalue weighted by molar-refractivity contribution is 5.77. The third-order valence-electron chi connectivity index (χ3n) is 3.70. The molecule has 1 aliphatic rings. The van der Waals surface area contributed by atoms with Crippen molar-refractivity contribution in [2.45, 2.75) is 38.3 Å². The predicted octanol–water partition coefficient (Wildman–Crippen LogP) is 1.75. The summed E-state index contributed by atoms with van der Waals surface area (Å²) in [5.74, 6) is 0.573. The molecule has 1 amide bonds. The van der Waals surface area contributed by atoms with Gasteiger partial charge in [-0.2, -0.15) is 0 Å². The summed E-state index contributed by atoms with van der Waals surface area (Å²) in [7, 11) is 1.60. The summed E-state index contributed by atoms with van der Waals surface area (Å²) in [5, 5.41) is 9.54. The van der Waals surface area contributed by atoms with Crippen LogP contribution >= 0.6 is 0 Å². The summed E-state index contributed by atoms with van der Waals surface area (Å²) in [6, 6.07) is 8.77. The van der Waals surface area contributed by atoms with Crippen LogP contribution in [0.3, 0.4) is 0 Å². The van der Waals surface area contributed by atoms with Crippen LogP contribution in [-0.2, 0) is 4.79 Å². The number of carbonyl (C=O) groups is 1. The number of nitrogens with one attached hydrogen (secondary N) is 3. The molecule has 2 rings (SSSR count). The van der Waals surface area contributed by atoms with Crippen molar-refractivity contribution in [1.82, 2.24) is 10.6 Å². The summed E-state index contributed by atoms with van der Waals surface area (Å²) < 4.78 is 5.45. The lowest BCUT2D eigenvalue weighted by atomic mass is 10.1. The Morgan fingerprint density at radius 1 is 1.52 bits per heavy atom. The Hall–Kier alpha value is -1.75. The average Bonchev–Trinajstić information content (AvgIpc) is 2.97. The van der Waals surface area contributed by atoms with Crippen LogP contribution in [0.2, 0.25) is 0 Å². The van der Waals surface area contributed by atoms with Gasteiger partial charge in [-0.3, -0.25) is 4.79 Å². The molecule has 0 aliphatic carbocycles. The fourth-order valence-electron chi connectivity index (χ4n) is 2.62. The minimum atomic E-state index is -0.131. The number of hydrogen-bond acceptors (Lipinski definition) is 4. The molecule has 1 saturated heterocycles. The number of likely N-dealkylation sites (N-methyl/N-ethyl adjacent to an activating group) is 1. The Labute approximate surface area is 126 Å². The summed E-state index contributed by atoms with van der Waals surface area (Å²) in [6.07, 6.45) is 3.66. The predicted molar refractivity (Wildman–Crippen MR) is 84.7 cm³/mol. The number of rotatable bonds is 7. The Kier molecular flexibility index (Phi) is 5.87. The smallest absolute Gasteiger partial charge is 0.257 e. The van der Waals surface area contributed by atoms with Crippen molar-refractivity contribution in [3.05, 3.63) is 24.3 Å². The average molecular weight is 291 g/mol. The van der Waals surface area contributed by atoms with Gasteiger partial charge >= 0.3 is 0 Å². The first-order valence-corrected chi connectivity index (χ1v) is 7.60. The molecule has 1 aromatic carbocycles. The number of hydrogen-bond donors (Lipinski definition) is 3. The zero-order chi connectivity index (χ0) is 15.1. The minimum Gasteiger partial charge on any atom is -0.484 e. The van der Waals surface area contributed by atoms with E-state index in [-0.39, 0.29) is 12.5 Å². The lowest BCUT2D eigenvalue weighted by molar-refractivity contribution is -0.122. The maximum Gasteiger partial charge on any atom is 0.257 e. The topological polar surface area (TPSA) is 62.4 Å². The maximum absolute atomic E-state index is 11.2. The largest absolute Gasteiger partial charge is 0.484 e. The van der Waals surface area contributed by atoms with Crippen LogP contribution in [0.5, 0.6) is 5.75 Å². The van der Waals surface area contributed by atoms with Crippen molar-refractivity contribution in [3.8, 4) is 5.75 Å². The number of ether oxygens (including phenoxy) is 1. The van der Waals surface area contributed by atoms with E-state index >= 15 is 0 Å². The molecule has 2 unspecified atom stereocenters. The Morgan fingerprint density at radius 3 is 3.10 bits per heavy atom. The van der Waals surface area contributed by atoms with Gasteiger partial charge in [0, 0.05) is 30.9 Å². The van der Waals surface area contributed by atoms with Gasteiger partial charge in [-0.15, -0.1) is 0 Å². The lowest BCUT2D eigenvalue weighted by Gasteiger charge is -2.19. The highest BCUT2D eigenvalue weighted by atomic mass is 16.5.